The van der Waals surface area contributed by atoms with Crippen LogP contribution in [0.3, 0.4) is 0 Å². The molecule has 8 heteroatoms. The molecule has 0 saturated heterocycles. The highest BCUT2D eigenvalue weighted by molar-refractivity contribution is 5.75. The van der Waals surface area contributed by atoms with E-state index in [1.165, 1.54) is 4.68 Å². The Labute approximate surface area is 130 Å². The molecule has 1 amide bonds. The van der Waals surface area contributed by atoms with Crippen LogP contribution >= 0.6 is 0 Å². The molecule has 0 aromatic carbocycles. The van der Waals surface area contributed by atoms with E-state index in [1.54, 1.807) is 13.1 Å². The van der Waals surface area contributed by atoms with E-state index in [2.05, 4.69) is 20.9 Å². The van der Waals surface area contributed by atoms with Crippen molar-refractivity contribution in [1.29, 1.82) is 0 Å². The second-order valence-electron chi connectivity index (χ2n) is 5.21. The van der Waals surface area contributed by atoms with Crippen LogP contribution in [0.5, 0.6) is 0 Å². The molecule has 1 atom stereocenters. The van der Waals surface area contributed by atoms with Gasteiger partial charge in [-0.05, 0) is 27.3 Å². The van der Waals surface area contributed by atoms with E-state index < -0.39 is 0 Å². The summed E-state index contributed by atoms with van der Waals surface area (Å²) in [5.74, 6) is 0.0233. The highest BCUT2D eigenvalue weighted by Crippen LogP contribution is 2.01. The summed E-state index contributed by atoms with van der Waals surface area (Å²) in [6, 6.07) is 0. The summed E-state index contributed by atoms with van der Waals surface area (Å²) in [6.07, 6.45) is 2.97. The van der Waals surface area contributed by atoms with Gasteiger partial charge in [0.2, 0.25) is 5.91 Å². The number of aromatic nitrogens is 3. The van der Waals surface area contributed by atoms with Crippen molar-refractivity contribution in [2.75, 3.05) is 20.2 Å². The minimum Gasteiger partial charge on any atom is -0.377 e. The number of rotatable bonds is 11. The van der Waals surface area contributed by atoms with Gasteiger partial charge in [0.25, 0.3) is 0 Å². The summed E-state index contributed by atoms with van der Waals surface area (Å²) < 4.78 is 7.02. The summed E-state index contributed by atoms with van der Waals surface area (Å²) in [6.45, 7) is 5.10. The fourth-order valence-corrected chi connectivity index (χ4v) is 1.82. The maximum Gasteiger partial charge on any atom is 0.241 e. The normalized spacial score (nSPS) is 12.1. The zero-order valence-electron chi connectivity index (χ0n) is 13.5. The van der Waals surface area contributed by atoms with E-state index in [0.717, 1.165) is 5.69 Å². The molecule has 1 aromatic heterocycles. The predicted octanol–water partition coefficient (Wildman–Crippen LogP) is -0.112. The lowest BCUT2D eigenvalue weighted by Gasteiger charge is -2.12. The van der Waals surface area contributed by atoms with Crippen LogP contribution in [0.1, 0.15) is 32.4 Å². The first kappa shape index (κ1) is 18.2. The highest BCUT2D eigenvalue weighted by Gasteiger charge is 2.07. The van der Waals surface area contributed by atoms with Crippen LogP contribution in [0.15, 0.2) is 6.20 Å². The van der Waals surface area contributed by atoms with Crippen molar-refractivity contribution < 1.29 is 14.3 Å². The smallest absolute Gasteiger partial charge is 0.241 e. The Hall–Kier alpha value is -1.80. The van der Waals surface area contributed by atoms with E-state index in [0.29, 0.717) is 32.5 Å². The summed E-state index contributed by atoms with van der Waals surface area (Å²) in [4.78, 5) is 22.6. The average molecular weight is 311 g/mol. The first-order valence-electron chi connectivity index (χ1n) is 7.42. The molecule has 0 aliphatic heterocycles. The zero-order chi connectivity index (χ0) is 16.4. The molecule has 0 spiro atoms. The van der Waals surface area contributed by atoms with Gasteiger partial charge in [0.05, 0.1) is 24.6 Å². The van der Waals surface area contributed by atoms with Crippen molar-refractivity contribution in [1.82, 2.24) is 25.6 Å². The third kappa shape index (κ3) is 7.84. The van der Waals surface area contributed by atoms with Crippen LogP contribution in [-0.4, -0.2) is 53.0 Å². The van der Waals surface area contributed by atoms with Crippen molar-refractivity contribution in [3.8, 4) is 0 Å². The molecule has 1 rings (SSSR count). The lowest BCUT2D eigenvalue weighted by Crippen LogP contribution is -2.31. The van der Waals surface area contributed by atoms with E-state index in [1.807, 2.05) is 14.0 Å². The summed E-state index contributed by atoms with van der Waals surface area (Å²) >= 11 is 0. The number of nitrogens with one attached hydrogen (secondary N) is 2. The van der Waals surface area contributed by atoms with Crippen molar-refractivity contribution in [3.05, 3.63) is 11.9 Å². The fourth-order valence-electron chi connectivity index (χ4n) is 1.82. The minimum absolute atomic E-state index is 0.0141. The molecule has 0 radical (unpaired) electrons. The van der Waals surface area contributed by atoms with Gasteiger partial charge in [-0.3, -0.25) is 4.79 Å². The lowest BCUT2D eigenvalue weighted by molar-refractivity contribution is -0.122. The first-order valence-corrected chi connectivity index (χ1v) is 7.42. The number of amides is 1. The van der Waals surface area contributed by atoms with Gasteiger partial charge < -0.3 is 20.2 Å². The van der Waals surface area contributed by atoms with Gasteiger partial charge in [0.15, 0.2) is 0 Å². The summed E-state index contributed by atoms with van der Waals surface area (Å²) in [5, 5.41) is 13.5. The molecule has 0 aliphatic carbocycles. The van der Waals surface area contributed by atoms with Crippen molar-refractivity contribution in [3.63, 3.8) is 0 Å². The quantitative estimate of drug-likeness (QED) is 0.553. The Bertz CT molecular complexity index is 475. The molecule has 0 fully saturated rings. The molecule has 0 aliphatic rings. The third-order valence-corrected chi connectivity index (χ3v) is 2.98. The van der Waals surface area contributed by atoms with Gasteiger partial charge in [-0.1, -0.05) is 5.21 Å². The van der Waals surface area contributed by atoms with Gasteiger partial charge in [-0.2, -0.15) is 0 Å². The molecular weight excluding hydrogens is 286 g/mol. The second kappa shape index (κ2) is 10.0. The Morgan fingerprint density at radius 3 is 2.91 bits per heavy atom. The number of carbonyl (C=O) groups is 2. The Kier molecular flexibility index (Phi) is 8.31. The Balaban J connectivity index is 2.13. The number of Topliss-reactive ketones (excluding diaryl/α,β-unsaturated/α-hetero) is 1. The molecule has 8 nitrogen and oxygen atoms in total. The highest BCUT2D eigenvalue weighted by atomic mass is 16.5. The van der Waals surface area contributed by atoms with Crippen LogP contribution in [0, 0.1) is 0 Å². The molecule has 0 bridgehead atoms. The monoisotopic (exact) mass is 311 g/mol. The van der Waals surface area contributed by atoms with Gasteiger partial charge in [0, 0.05) is 19.5 Å². The molecule has 22 heavy (non-hydrogen) atoms. The van der Waals surface area contributed by atoms with Gasteiger partial charge in [-0.25, -0.2) is 4.68 Å². The van der Waals surface area contributed by atoms with Gasteiger partial charge in [-0.15, -0.1) is 5.10 Å². The van der Waals surface area contributed by atoms with E-state index in [4.69, 9.17) is 4.74 Å². The van der Waals surface area contributed by atoms with Crippen LogP contribution in [0.4, 0.5) is 0 Å². The number of carbonyl (C=O) groups excluding carboxylic acids is 2. The van der Waals surface area contributed by atoms with Gasteiger partial charge >= 0.3 is 0 Å². The first-order chi connectivity index (χ1) is 10.5. The van der Waals surface area contributed by atoms with Crippen LogP contribution in [0.2, 0.25) is 0 Å². The summed E-state index contributed by atoms with van der Waals surface area (Å²) in [7, 11) is 1.82. The predicted molar refractivity (Wildman–Crippen MR) is 81.1 cm³/mol. The average Bonchev–Trinajstić information content (AvgIpc) is 2.89. The lowest BCUT2D eigenvalue weighted by atomic mass is 10.2. The maximum absolute atomic E-state index is 11.7. The number of ketones is 1. The number of ether oxygens (including phenoxy) is 1. The molecule has 1 unspecified atom stereocenters. The summed E-state index contributed by atoms with van der Waals surface area (Å²) in [5.41, 5.74) is 0.790. The standard InChI is InChI=1S/C14H25N5O3/c1-11(20)4-5-12(2)22-7-6-16-14(21)10-19-9-13(8-15-3)17-18-19/h9,12,15H,4-8,10H2,1-3H3,(H,16,21). The Morgan fingerprint density at radius 2 is 2.23 bits per heavy atom. The van der Waals surface area contributed by atoms with Crippen LogP contribution in [-0.2, 0) is 27.4 Å². The number of nitrogens with zero attached hydrogens (tertiary/aromatic N) is 3. The van der Waals surface area contributed by atoms with Gasteiger partial charge in [0.1, 0.15) is 12.3 Å². The van der Waals surface area contributed by atoms with E-state index in [9.17, 15) is 9.59 Å². The zero-order valence-corrected chi connectivity index (χ0v) is 13.5. The number of hydrogen-bond donors (Lipinski definition) is 2. The minimum atomic E-state index is -0.138. The third-order valence-electron chi connectivity index (χ3n) is 2.98. The van der Waals surface area contributed by atoms with E-state index >= 15 is 0 Å². The fraction of sp³-hybridized carbons (Fsp3) is 0.714. The van der Waals surface area contributed by atoms with Crippen LogP contribution in [0.25, 0.3) is 0 Å². The topological polar surface area (TPSA) is 98.1 Å². The van der Waals surface area contributed by atoms with Crippen LogP contribution < -0.4 is 10.6 Å². The maximum atomic E-state index is 11.7. The molecule has 2 N–H and O–H groups in total. The molecule has 1 heterocycles. The SMILES string of the molecule is CNCc1cn(CC(=O)NCCOC(C)CCC(C)=O)nn1. The van der Waals surface area contributed by atoms with E-state index in [-0.39, 0.29) is 24.3 Å². The second-order valence-corrected chi connectivity index (χ2v) is 5.21. The van der Waals surface area contributed by atoms with Crippen molar-refractivity contribution in [2.45, 2.75) is 45.9 Å². The Morgan fingerprint density at radius 1 is 1.45 bits per heavy atom. The van der Waals surface area contributed by atoms with Crippen molar-refractivity contribution >= 4 is 11.7 Å². The molecular formula is C14H25N5O3. The molecule has 124 valence electrons. The number of hydrogen-bond acceptors (Lipinski definition) is 6. The van der Waals surface area contributed by atoms with Crippen molar-refractivity contribution in [2.24, 2.45) is 0 Å². The molecule has 1 aromatic rings. The largest absolute Gasteiger partial charge is 0.377 e. The molecule has 0 saturated carbocycles.